The van der Waals surface area contributed by atoms with Gasteiger partial charge in [-0.1, -0.05) is 13.8 Å². The van der Waals surface area contributed by atoms with Crippen molar-refractivity contribution in [3.8, 4) is 0 Å². The minimum absolute atomic E-state index is 0.0427. The van der Waals surface area contributed by atoms with Crippen LogP contribution in [-0.2, 0) is 14.6 Å². The molecule has 0 radical (unpaired) electrons. The zero-order valence-corrected chi connectivity index (χ0v) is 14.3. The molecule has 1 aliphatic rings. The number of rotatable bonds is 5. The molecule has 0 bridgehead atoms. The number of nitrogens with one attached hydrogen (secondary N) is 1. The molecule has 0 amide bonds. The van der Waals surface area contributed by atoms with Gasteiger partial charge in [0.2, 0.25) is 0 Å². The summed E-state index contributed by atoms with van der Waals surface area (Å²) < 4.78 is 23.4. The number of carbonyl (C=O) groups excluding carboxylic acids is 1. The van der Waals surface area contributed by atoms with E-state index in [1.807, 2.05) is 13.8 Å². The Morgan fingerprint density at radius 1 is 1.20 bits per heavy atom. The molecule has 0 aromatic heterocycles. The number of hydrogen-bond donors (Lipinski definition) is 1. The van der Waals surface area contributed by atoms with E-state index in [1.165, 1.54) is 0 Å². The highest BCUT2D eigenvalue weighted by Gasteiger charge is 2.38. The van der Waals surface area contributed by atoms with Crippen molar-refractivity contribution in [3.63, 3.8) is 0 Å². The second-order valence-electron chi connectivity index (χ2n) is 7.37. The SMILES string of the molecule is CC(C)(C(=O)CCS(=O)(=O)C(C)(C)C)C1CCCNC1. The highest BCUT2D eigenvalue weighted by molar-refractivity contribution is 7.92. The van der Waals surface area contributed by atoms with Crippen LogP contribution in [0.2, 0.25) is 0 Å². The van der Waals surface area contributed by atoms with Gasteiger partial charge in [-0.3, -0.25) is 4.79 Å². The number of carbonyl (C=O) groups is 1. The summed E-state index contributed by atoms with van der Waals surface area (Å²) in [7, 11) is -3.22. The lowest BCUT2D eigenvalue weighted by Gasteiger charge is -2.36. The minimum atomic E-state index is -3.22. The maximum absolute atomic E-state index is 12.4. The van der Waals surface area contributed by atoms with Gasteiger partial charge in [0.25, 0.3) is 0 Å². The first kappa shape index (κ1) is 17.6. The second kappa shape index (κ2) is 6.14. The van der Waals surface area contributed by atoms with E-state index in [2.05, 4.69) is 5.32 Å². The Labute approximate surface area is 123 Å². The lowest BCUT2D eigenvalue weighted by Crippen LogP contribution is -2.43. The van der Waals surface area contributed by atoms with E-state index in [9.17, 15) is 13.2 Å². The molecule has 1 rings (SSSR count). The normalized spacial score (nSPS) is 21.8. The van der Waals surface area contributed by atoms with Gasteiger partial charge >= 0.3 is 0 Å². The first-order valence-corrected chi connectivity index (χ1v) is 9.10. The largest absolute Gasteiger partial charge is 0.316 e. The zero-order chi connectivity index (χ0) is 15.6. The predicted molar refractivity (Wildman–Crippen MR) is 82.5 cm³/mol. The third kappa shape index (κ3) is 4.04. The molecular weight excluding hydrogens is 274 g/mol. The Bertz CT molecular complexity index is 440. The van der Waals surface area contributed by atoms with Crippen LogP contribution >= 0.6 is 0 Å². The highest BCUT2D eigenvalue weighted by atomic mass is 32.2. The van der Waals surface area contributed by atoms with Crippen molar-refractivity contribution < 1.29 is 13.2 Å². The van der Waals surface area contributed by atoms with Crippen molar-refractivity contribution in [2.75, 3.05) is 18.8 Å². The number of piperidine rings is 1. The van der Waals surface area contributed by atoms with Crippen LogP contribution in [-0.4, -0.2) is 37.8 Å². The smallest absolute Gasteiger partial charge is 0.155 e. The Morgan fingerprint density at radius 2 is 1.80 bits per heavy atom. The molecule has 1 N–H and O–H groups in total. The second-order valence-corrected chi connectivity index (χ2v) is 10.2. The summed E-state index contributed by atoms with van der Waals surface area (Å²) >= 11 is 0. The van der Waals surface area contributed by atoms with Crippen molar-refractivity contribution in [3.05, 3.63) is 0 Å². The summed E-state index contributed by atoms with van der Waals surface area (Å²) in [5, 5.41) is 3.32. The van der Waals surface area contributed by atoms with Gasteiger partial charge in [-0.15, -0.1) is 0 Å². The molecule has 0 aliphatic carbocycles. The van der Waals surface area contributed by atoms with E-state index in [1.54, 1.807) is 20.8 Å². The third-order valence-corrected chi connectivity index (χ3v) is 7.17. The summed E-state index contributed by atoms with van der Waals surface area (Å²) in [6.45, 7) is 10.8. The third-order valence-electron chi connectivity index (χ3n) is 4.57. The lowest BCUT2D eigenvalue weighted by atomic mass is 9.71. The molecule has 20 heavy (non-hydrogen) atoms. The van der Waals surface area contributed by atoms with Crippen molar-refractivity contribution in [1.82, 2.24) is 5.32 Å². The summed E-state index contributed by atoms with van der Waals surface area (Å²) in [4.78, 5) is 12.4. The molecule has 0 saturated carbocycles. The van der Waals surface area contributed by atoms with Gasteiger partial charge in [0.1, 0.15) is 5.78 Å². The quantitative estimate of drug-likeness (QED) is 0.845. The van der Waals surface area contributed by atoms with Crippen LogP contribution in [0.25, 0.3) is 0 Å². The first-order chi connectivity index (χ1) is 8.98. The van der Waals surface area contributed by atoms with Crippen LogP contribution < -0.4 is 5.32 Å². The van der Waals surface area contributed by atoms with Gasteiger partial charge in [-0.05, 0) is 52.6 Å². The van der Waals surface area contributed by atoms with E-state index in [4.69, 9.17) is 0 Å². The molecular formula is C15H29NO3S. The van der Waals surface area contributed by atoms with Crippen molar-refractivity contribution >= 4 is 15.6 Å². The number of hydrogen-bond acceptors (Lipinski definition) is 4. The van der Waals surface area contributed by atoms with Crippen LogP contribution in [0.4, 0.5) is 0 Å². The molecule has 1 heterocycles. The number of sulfone groups is 1. The average molecular weight is 303 g/mol. The van der Waals surface area contributed by atoms with Gasteiger partial charge in [-0.2, -0.15) is 0 Å². The summed E-state index contributed by atoms with van der Waals surface area (Å²) in [5.41, 5.74) is -0.444. The number of Topliss-reactive ketones (excluding diaryl/α,β-unsaturated/α-hetero) is 1. The molecule has 1 saturated heterocycles. The average Bonchev–Trinajstić information content (AvgIpc) is 2.35. The molecule has 0 aromatic carbocycles. The molecule has 0 spiro atoms. The Morgan fingerprint density at radius 3 is 2.25 bits per heavy atom. The van der Waals surface area contributed by atoms with E-state index >= 15 is 0 Å². The maximum Gasteiger partial charge on any atom is 0.155 e. The van der Waals surface area contributed by atoms with E-state index in [-0.39, 0.29) is 18.0 Å². The van der Waals surface area contributed by atoms with Gasteiger partial charge in [0.05, 0.1) is 10.5 Å². The standard InChI is InChI=1S/C15H29NO3S/c1-14(2,3)20(18,19)10-8-13(17)15(4,5)12-7-6-9-16-11-12/h12,16H,6-11H2,1-5H3. The Hall–Kier alpha value is -0.420. The summed E-state index contributed by atoms with van der Waals surface area (Å²) in [6, 6.07) is 0. The van der Waals surface area contributed by atoms with E-state index in [0.29, 0.717) is 5.92 Å². The molecule has 1 aliphatic heterocycles. The molecule has 0 aromatic rings. The predicted octanol–water partition coefficient (Wildman–Crippen LogP) is 2.18. The highest BCUT2D eigenvalue weighted by Crippen LogP contribution is 2.34. The fourth-order valence-corrected chi connectivity index (χ4v) is 3.62. The summed E-state index contributed by atoms with van der Waals surface area (Å²) in [6.07, 6.45) is 2.25. The van der Waals surface area contributed by atoms with Gasteiger partial charge in [0, 0.05) is 11.8 Å². The van der Waals surface area contributed by atoms with Crippen molar-refractivity contribution in [2.45, 2.75) is 58.6 Å². The first-order valence-electron chi connectivity index (χ1n) is 7.45. The minimum Gasteiger partial charge on any atom is -0.316 e. The summed E-state index contributed by atoms with van der Waals surface area (Å²) in [5.74, 6) is 0.332. The maximum atomic E-state index is 12.4. The van der Waals surface area contributed by atoms with Crippen LogP contribution in [0, 0.1) is 11.3 Å². The van der Waals surface area contributed by atoms with Crippen LogP contribution in [0.5, 0.6) is 0 Å². The molecule has 1 atom stereocenters. The van der Waals surface area contributed by atoms with E-state index < -0.39 is 20.0 Å². The van der Waals surface area contributed by atoms with Crippen molar-refractivity contribution in [1.29, 1.82) is 0 Å². The fourth-order valence-electron chi connectivity index (χ4n) is 2.55. The topological polar surface area (TPSA) is 63.2 Å². The molecule has 1 unspecified atom stereocenters. The molecule has 118 valence electrons. The van der Waals surface area contributed by atoms with Gasteiger partial charge in [0.15, 0.2) is 9.84 Å². The zero-order valence-electron chi connectivity index (χ0n) is 13.5. The number of ketones is 1. The lowest BCUT2D eigenvalue weighted by molar-refractivity contribution is -0.129. The molecule has 1 fully saturated rings. The molecule has 4 nitrogen and oxygen atoms in total. The van der Waals surface area contributed by atoms with E-state index in [0.717, 1.165) is 25.9 Å². The van der Waals surface area contributed by atoms with Gasteiger partial charge in [-0.25, -0.2) is 8.42 Å². The molecule has 5 heteroatoms. The van der Waals surface area contributed by atoms with Gasteiger partial charge < -0.3 is 5.32 Å². The monoisotopic (exact) mass is 303 g/mol. The van der Waals surface area contributed by atoms with Crippen LogP contribution in [0.3, 0.4) is 0 Å². The fraction of sp³-hybridized carbons (Fsp3) is 0.933. The van der Waals surface area contributed by atoms with Crippen LogP contribution in [0.15, 0.2) is 0 Å². The van der Waals surface area contributed by atoms with Crippen molar-refractivity contribution in [2.24, 2.45) is 11.3 Å². The Kier molecular flexibility index (Phi) is 5.41. The Balaban J connectivity index is 2.66. The van der Waals surface area contributed by atoms with Crippen LogP contribution in [0.1, 0.15) is 53.9 Å².